The first-order chi connectivity index (χ1) is 6.34. The van der Waals surface area contributed by atoms with Crippen LogP contribution in [0.5, 0.6) is 0 Å². The smallest absolute Gasteiger partial charge is 0.00671 e. The molecule has 1 aliphatic heterocycles. The minimum Gasteiger partial charge on any atom is -0.314 e. The van der Waals surface area contributed by atoms with Gasteiger partial charge >= 0.3 is 0 Å². The van der Waals surface area contributed by atoms with Crippen molar-refractivity contribution in [1.29, 1.82) is 0 Å². The van der Waals surface area contributed by atoms with E-state index in [1.807, 2.05) is 0 Å². The van der Waals surface area contributed by atoms with Crippen molar-refractivity contribution >= 4 is 0 Å². The van der Waals surface area contributed by atoms with Gasteiger partial charge in [0.05, 0.1) is 0 Å². The molecule has 1 aliphatic carbocycles. The van der Waals surface area contributed by atoms with E-state index in [0.717, 1.165) is 12.0 Å². The maximum Gasteiger partial charge on any atom is 0.00671 e. The van der Waals surface area contributed by atoms with E-state index >= 15 is 0 Å². The van der Waals surface area contributed by atoms with E-state index in [9.17, 15) is 0 Å². The Labute approximate surface area is 81.7 Å². The molecule has 0 aromatic heterocycles. The molecule has 1 saturated carbocycles. The third kappa shape index (κ3) is 2.68. The normalized spacial score (nSPS) is 31.6. The third-order valence-corrected chi connectivity index (χ3v) is 3.54. The van der Waals surface area contributed by atoms with E-state index in [2.05, 4.69) is 17.3 Å². The largest absolute Gasteiger partial charge is 0.314 e. The van der Waals surface area contributed by atoms with Crippen molar-refractivity contribution in [1.82, 2.24) is 10.2 Å². The lowest BCUT2D eigenvalue weighted by molar-refractivity contribution is 0.378. The van der Waals surface area contributed by atoms with Gasteiger partial charge in [-0.1, -0.05) is 12.8 Å². The van der Waals surface area contributed by atoms with Crippen LogP contribution >= 0.6 is 0 Å². The third-order valence-electron chi connectivity index (χ3n) is 3.54. The lowest BCUT2D eigenvalue weighted by Crippen LogP contribution is -2.32. The molecule has 1 saturated heterocycles. The fourth-order valence-electron chi connectivity index (χ4n) is 2.66. The Hall–Kier alpha value is -0.0800. The first kappa shape index (κ1) is 9.47. The summed E-state index contributed by atoms with van der Waals surface area (Å²) in [5.74, 6) is 0.922. The molecule has 2 aliphatic rings. The molecule has 1 heterocycles. The number of rotatable bonds is 3. The zero-order chi connectivity index (χ0) is 9.10. The average Bonchev–Trinajstić information content (AvgIpc) is 2.71. The van der Waals surface area contributed by atoms with Crippen molar-refractivity contribution in [3.63, 3.8) is 0 Å². The van der Waals surface area contributed by atoms with E-state index in [-0.39, 0.29) is 0 Å². The summed E-state index contributed by atoms with van der Waals surface area (Å²) >= 11 is 0. The number of nitrogens with zero attached hydrogens (tertiary/aromatic N) is 1. The van der Waals surface area contributed by atoms with Crippen molar-refractivity contribution in [2.75, 3.05) is 26.7 Å². The lowest BCUT2D eigenvalue weighted by atomic mass is 10.1. The van der Waals surface area contributed by atoms with Crippen LogP contribution in [0.2, 0.25) is 0 Å². The predicted molar refractivity (Wildman–Crippen MR) is 55.9 cm³/mol. The highest BCUT2D eigenvalue weighted by atomic mass is 15.1. The van der Waals surface area contributed by atoms with Crippen LogP contribution in [0.15, 0.2) is 0 Å². The van der Waals surface area contributed by atoms with E-state index in [4.69, 9.17) is 0 Å². The first-order valence-electron chi connectivity index (χ1n) is 5.76. The van der Waals surface area contributed by atoms with Crippen LogP contribution in [0.3, 0.4) is 0 Å². The van der Waals surface area contributed by atoms with Crippen LogP contribution in [0, 0.1) is 5.92 Å². The maximum absolute atomic E-state index is 3.72. The van der Waals surface area contributed by atoms with Crippen molar-refractivity contribution in [3.8, 4) is 0 Å². The summed E-state index contributed by atoms with van der Waals surface area (Å²) in [4.78, 5) is 2.45. The second kappa shape index (κ2) is 4.43. The highest BCUT2D eigenvalue weighted by Gasteiger charge is 2.21. The molecule has 0 amide bonds. The predicted octanol–water partition coefficient (Wildman–Crippen LogP) is 1.47. The first-order valence-corrected chi connectivity index (χ1v) is 5.76. The monoisotopic (exact) mass is 182 g/mol. The number of nitrogens with one attached hydrogen (secondary N) is 1. The van der Waals surface area contributed by atoms with Crippen LogP contribution in [-0.2, 0) is 0 Å². The summed E-state index contributed by atoms with van der Waals surface area (Å²) in [5.41, 5.74) is 0. The van der Waals surface area contributed by atoms with Gasteiger partial charge in [0.15, 0.2) is 0 Å². The van der Waals surface area contributed by atoms with Crippen molar-refractivity contribution < 1.29 is 0 Å². The average molecular weight is 182 g/mol. The molecule has 0 bridgehead atoms. The Kier molecular flexibility index (Phi) is 3.23. The van der Waals surface area contributed by atoms with Gasteiger partial charge in [-0.15, -0.1) is 0 Å². The van der Waals surface area contributed by atoms with E-state index in [1.54, 1.807) is 0 Å². The fourth-order valence-corrected chi connectivity index (χ4v) is 2.66. The summed E-state index contributed by atoms with van der Waals surface area (Å²) in [6.07, 6.45) is 7.13. The fraction of sp³-hybridized carbons (Fsp3) is 1.00. The van der Waals surface area contributed by atoms with Crippen molar-refractivity contribution in [2.24, 2.45) is 5.92 Å². The second-order valence-corrected chi connectivity index (χ2v) is 4.81. The molecule has 76 valence electrons. The van der Waals surface area contributed by atoms with Gasteiger partial charge in [-0.05, 0) is 45.3 Å². The Morgan fingerprint density at radius 2 is 2.00 bits per heavy atom. The molecule has 1 unspecified atom stereocenters. The standard InChI is InChI=1S/C11H22N2/c1-13-7-6-10(9-13)8-12-11-4-2-3-5-11/h10-12H,2-9H2,1H3. The molecule has 0 aromatic carbocycles. The summed E-state index contributed by atoms with van der Waals surface area (Å²) < 4.78 is 0. The Morgan fingerprint density at radius 3 is 2.62 bits per heavy atom. The van der Waals surface area contributed by atoms with Gasteiger partial charge in [0.1, 0.15) is 0 Å². The molecule has 2 fully saturated rings. The molecule has 0 aromatic rings. The van der Waals surface area contributed by atoms with Gasteiger partial charge in [-0.3, -0.25) is 0 Å². The van der Waals surface area contributed by atoms with Gasteiger partial charge in [0, 0.05) is 12.6 Å². The molecule has 2 nitrogen and oxygen atoms in total. The quantitative estimate of drug-likeness (QED) is 0.711. The number of hydrogen-bond acceptors (Lipinski definition) is 2. The summed E-state index contributed by atoms with van der Waals surface area (Å²) in [6.45, 7) is 3.87. The molecule has 13 heavy (non-hydrogen) atoms. The van der Waals surface area contributed by atoms with E-state index < -0.39 is 0 Å². The zero-order valence-electron chi connectivity index (χ0n) is 8.76. The Balaban J connectivity index is 1.62. The molecule has 0 spiro atoms. The van der Waals surface area contributed by atoms with Gasteiger partial charge < -0.3 is 10.2 Å². The minimum absolute atomic E-state index is 0.853. The lowest BCUT2D eigenvalue weighted by Gasteiger charge is -2.15. The molecular weight excluding hydrogens is 160 g/mol. The summed E-state index contributed by atoms with van der Waals surface area (Å²) in [5, 5.41) is 3.72. The Morgan fingerprint density at radius 1 is 1.23 bits per heavy atom. The van der Waals surface area contributed by atoms with Gasteiger partial charge in [-0.2, -0.15) is 0 Å². The van der Waals surface area contributed by atoms with E-state index in [0.29, 0.717) is 0 Å². The number of hydrogen-bond donors (Lipinski definition) is 1. The topological polar surface area (TPSA) is 15.3 Å². The molecule has 2 heteroatoms. The van der Waals surface area contributed by atoms with Crippen LogP contribution in [0.1, 0.15) is 32.1 Å². The maximum atomic E-state index is 3.72. The highest BCUT2D eigenvalue weighted by molar-refractivity contribution is 4.79. The minimum atomic E-state index is 0.853. The number of likely N-dealkylation sites (tertiary alicyclic amines) is 1. The van der Waals surface area contributed by atoms with E-state index in [1.165, 1.54) is 51.7 Å². The van der Waals surface area contributed by atoms with Crippen LogP contribution < -0.4 is 5.32 Å². The SMILES string of the molecule is CN1CCC(CNC2CCCC2)C1. The van der Waals surface area contributed by atoms with Crippen molar-refractivity contribution in [2.45, 2.75) is 38.1 Å². The molecule has 1 N–H and O–H groups in total. The van der Waals surface area contributed by atoms with Crippen LogP contribution in [-0.4, -0.2) is 37.6 Å². The molecule has 1 atom stereocenters. The summed E-state index contributed by atoms with van der Waals surface area (Å²) in [7, 11) is 2.23. The molecular formula is C11H22N2. The Bertz CT molecular complexity index is 152. The van der Waals surface area contributed by atoms with Crippen LogP contribution in [0.25, 0.3) is 0 Å². The van der Waals surface area contributed by atoms with Gasteiger partial charge in [0.2, 0.25) is 0 Å². The van der Waals surface area contributed by atoms with Gasteiger partial charge in [0.25, 0.3) is 0 Å². The van der Waals surface area contributed by atoms with Gasteiger partial charge in [-0.25, -0.2) is 0 Å². The molecule has 2 rings (SSSR count). The van der Waals surface area contributed by atoms with Crippen LogP contribution in [0.4, 0.5) is 0 Å². The highest BCUT2D eigenvalue weighted by Crippen LogP contribution is 2.19. The summed E-state index contributed by atoms with van der Waals surface area (Å²) in [6, 6.07) is 0.853. The van der Waals surface area contributed by atoms with Crippen molar-refractivity contribution in [3.05, 3.63) is 0 Å². The second-order valence-electron chi connectivity index (χ2n) is 4.81. The zero-order valence-corrected chi connectivity index (χ0v) is 8.76. The molecule has 0 radical (unpaired) electrons.